The molecule has 0 saturated carbocycles. The second-order valence-electron chi connectivity index (χ2n) is 3.63. The molecule has 0 spiro atoms. The highest BCUT2D eigenvalue weighted by molar-refractivity contribution is 7.89. The highest BCUT2D eigenvalue weighted by Crippen LogP contribution is 2.05. The summed E-state index contributed by atoms with van der Waals surface area (Å²) in [6.45, 7) is -0.114. The normalized spacial score (nSPS) is 12.6. The molecule has 19 heavy (non-hydrogen) atoms. The lowest BCUT2D eigenvalue weighted by atomic mass is 10.2. The van der Waals surface area contributed by atoms with Crippen LogP contribution >= 0.6 is 0 Å². The Morgan fingerprint density at radius 2 is 2.26 bits per heavy atom. The molecule has 0 radical (unpaired) electrons. The van der Waals surface area contributed by atoms with Crippen molar-refractivity contribution >= 4 is 16.0 Å². The lowest BCUT2D eigenvalue weighted by Gasteiger charge is -2.08. The van der Waals surface area contributed by atoms with Crippen molar-refractivity contribution in [2.75, 3.05) is 6.54 Å². The third-order valence-electron chi connectivity index (χ3n) is 2.21. The zero-order chi connectivity index (χ0) is 14.5. The summed E-state index contributed by atoms with van der Waals surface area (Å²) >= 11 is 0. The van der Waals surface area contributed by atoms with Crippen LogP contribution < -0.4 is 10.5 Å². The number of aliphatic carboxylic acids is 1. The highest BCUT2D eigenvalue weighted by atomic mass is 32.2. The first-order valence-corrected chi connectivity index (χ1v) is 6.69. The molecule has 1 atom stereocenters. The fourth-order valence-corrected chi connectivity index (χ4v) is 2.12. The maximum Gasteiger partial charge on any atom is 0.320 e. The van der Waals surface area contributed by atoms with Gasteiger partial charge in [0.15, 0.2) is 5.03 Å². The summed E-state index contributed by atoms with van der Waals surface area (Å²) in [5, 5.41) is 16.9. The maximum absolute atomic E-state index is 11.7. The molecule has 0 saturated heterocycles. The van der Waals surface area contributed by atoms with Crippen molar-refractivity contribution in [2.24, 2.45) is 5.73 Å². The minimum Gasteiger partial charge on any atom is -0.480 e. The lowest BCUT2D eigenvalue weighted by Crippen LogP contribution is -2.35. The Morgan fingerprint density at radius 3 is 2.74 bits per heavy atom. The van der Waals surface area contributed by atoms with Crippen LogP contribution in [0.25, 0.3) is 0 Å². The fraction of sp³-hybridized carbons (Fsp3) is 0.300. The Labute approximate surface area is 109 Å². The molecule has 0 unspecified atom stereocenters. The highest BCUT2D eigenvalue weighted by Gasteiger charge is 2.17. The zero-order valence-corrected chi connectivity index (χ0v) is 10.6. The van der Waals surface area contributed by atoms with E-state index < -0.39 is 22.0 Å². The van der Waals surface area contributed by atoms with Gasteiger partial charge in [0.2, 0.25) is 0 Å². The van der Waals surface area contributed by atoms with Crippen molar-refractivity contribution in [3.8, 4) is 6.07 Å². The van der Waals surface area contributed by atoms with Crippen molar-refractivity contribution < 1.29 is 18.3 Å². The summed E-state index contributed by atoms with van der Waals surface area (Å²) < 4.78 is 25.7. The van der Waals surface area contributed by atoms with E-state index in [1.807, 2.05) is 6.07 Å². The molecule has 4 N–H and O–H groups in total. The van der Waals surface area contributed by atoms with Gasteiger partial charge in [-0.3, -0.25) is 4.79 Å². The van der Waals surface area contributed by atoms with Crippen LogP contribution in [0.3, 0.4) is 0 Å². The number of nitrogens with two attached hydrogens (primary N) is 1. The minimum atomic E-state index is -3.83. The Morgan fingerprint density at radius 1 is 1.58 bits per heavy atom. The summed E-state index contributed by atoms with van der Waals surface area (Å²) in [6.07, 6.45) is 1.10. The minimum absolute atomic E-state index is 0.0369. The molecule has 102 valence electrons. The van der Waals surface area contributed by atoms with Gasteiger partial charge in [0.25, 0.3) is 10.0 Å². The van der Waals surface area contributed by atoms with E-state index in [0.29, 0.717) is 0 Å². The van der Waals surface area contributed by atoms with Gasteiger partial charge in [0, 0.05) is 12.7 Å². The second kappa shape index (κ2) is 6.24. The number of sulfonamides is 1. The summed E-state index contributed by atoms with van der Waals surface area (Å²) in [5.41, 5.74) is 5.48. The average Bonchev–Trinajstić information content (AvgIpc) is 2.38. The molecule has 1 rings (SSSR count). The first kappa shape index (κ1) is 15.0. The molecule has 9 heteroatoms. The van der Waals surface area contributed by atoms with Crippen LogP contribution in [0.5, 0.6) is 0 Å². The number of hydrogen-bond donors (Lipinski definition) is 3. The van der Waals surface area contributed by atoms with Gasteiger partial charge < -0.3 is 10.8 Å². The van der Waals surface area contributed by atoms with Crippen LogP contribution in [-0.4, -0.2) is 37.1 Å². The number of pyridine rings is 1. The number of nitriles is 1. The molecule has 0 bridgehead atoms. The largest absolute Gasteiger partial charge is 0.480 e. The van der Waals surface area contributed by atoms with E-state index in [-0.39, 0.29) is 23.6 Å². The number of carboxylic acid groups (broad SMARTS) is 1. The Hall–Kier alpha value is -2.02. The molecule has 1 heterocycles. The van der Waals surface area contributed by atoms with Crippen molar-refractivity contribution in [1.29, 1.82) is 5.26 Å². The van der Waals surface area contributed by atoms with Gasteiger partial charge in [-0.2, -0.15) is 5.26 Å². The lowest BCUT2D eigenvalue weighted by molar-refractivity contribution is -0.138. The SMILES string of the molecule is N#Cc1ccc(S(=O)(=O)NCC[C@H](N)C(=O)O)nc1. The number of hydrogen-bond acceptors (Lipinski definition) is 6. The van der Waals surface area contributed by atoms with Crippen LogP contribution in [0.15, 0.2) is 23.4 Å². The number of nitrogens with one attached hydrogen (secondary N) is 1. The Balaban J connectivity index is 2.66. The monoisotopic (exact) mass is 284 g/mol. The molecule has 0 aliphatic carbocycles. The third-order valence-corrected chi connectivity index (χ3v) is 3.58. The Kier molecular flexibility index (Phi) is 4.94. The van der Waals surface area contributed by atoms with Crippen LogP contribution in [0.4, 0.5) is 0 Å². The van der Waals surface area contributed by atoms with Crippen LogP contribution in [0, 0.1) is 11.3 Å². The molecule has 0 amide bonds. The number of aromatic nitrogens is 1. The van der Waals surface area contributed by atoms with Crippen molar-refractivity contribution in [2.45, 2.75) is 17.5 Å². The van der Waals surface area contributed by atoms with Gasteiger partial charge >= 0.3 is 5.97 Å². The number of carbonyl (C=O) groups is 1. The number of rotatable bonds is 6. The second-order valence-corrected chi connectivity index (χ2v) is 5.34. The van der Waals surface area contributed by atoms with E-state index >= 15 is 0 Å². The smallest absolute Gasteiger partial charge is 0.320 e. The predicted molar refractivity (Wildman–Crippen MR) is 64.4 cm³/mol. The van der Waals surface area contributed by atoms with Crippen LogP contribution in [0.2, 0.25) is 0 Å². The van der Waals surface area contributed by atoms with Gasteiger partial charge in [-0.15, -0.1) is 0 Å². The van der Waals surface area contributed by atoms with E-state index in [9.17, 15) is 13.2 Å². The summed E-state index contributed by atoms with van der Waals surface area (Å²) in [7, 11) is -3.83. The van der Waals surface area contributed by atoms with E-state index in [2.05, 4.69) is 9.71 Å². The number of nitrogens with zero attached hydrogens (tertiary/aromatic N) is 2. The number of carboxylic acids is 1. The van der Waals surface area contributed by atoms with Crippen molar-refractivity contribution in [3.05, 3.63) is 23.9 Å². The summed E-state index contributed by atoms with van der Waals surface area (Å²) in [6, 6.07) is 3.20. The fourth-order valence-electron chi connectivity index (χ4n) is 1.15. The zero-order valence-electron chi connectivity index (χ0n) is 9.78. The van der Waals surface area contributed by atoms with Crippen molar-refractivity contribution in [1.82, 2.24) is 9.71 Å². The van der Waals surface area contributed by atoms with E-state index in [1.54, 1.807) is 0 Å². The molecule has 0 aliphatic heterocycles. The standard InChI is InChI=1S/C10H12N4O4S/c11-5-7-1-2-9(13-6-7)19(17,18)14-4-3-8(12)10(15)16/h1-2,6,8,14H,3-4,12H2,(H,15,16)/t8-/m0/s1. The van der Waals surface area contributed by atoms with E-state index in [4.69, 9.17) is 16.1 Å². The Bertz CT molecular complexity index is 591. The molecule has 0 aliphatic rings. The van der Waals surface area contributed by atoms with E-state index in [1.165, 1.54) is 12.1 Å². The molecule has 0 fully saturated rings. The van der Waals surface area contributed by atoms with Gasteiger partial charge in [-0.25, -0.2) is 18.1 Å². The summed E-state index contributed by atoms with van der Waals surface area (Å²) in [5.74, 6) is -1.20. The quantitative estimate of drug-likeness (QED) is 0.609. The molecular weight excluding hydrogens is 272 g/mol. The summed E-state index contributed by atoms with van der Waals surface area (Å²) in [4.78, 5) is 14.1. The van der Waals surface area contributed by atoms with Gasteiger partial charge in [0.1, 0.15) is 12.1 Å². The van der Waals surface area contributed by atoms with Gasteiger partial charge in [-0.05, 0) is 18.6 Å². The van der Waals surface area contributed by atoms with E-state index in [0.717, 1.165) is 6.20 Å². The molecule has 1 aromatic heterocycles. The van der Waals surface area contributed by atoms with Gasteiger partial charge in [-0.1, -0.05) is 0 Å². The molecule has 1 aromatic rings. The first-order valence-electron chi connectivity index (χ1n) is 5.21. The van der Waals surface area contributed by atoms with Crippen LogP contribution in [0.1, 0.15) is 12.0 Å². The predicted octanol–water partition coefficient (Wildman–Crippen LogP) is -0.966. The van der Waals surface area contributed by atoms with Gasteiger partial charge in [0.05, 0.1) is 5.56 Å². The maximum atomic E-state index is 11.7. The topological polar surface area (TPSA) is 146 Å². The average molecular weight is 284 g/mol. The third kappa shape index (κ3) is 4.29. The molecule has 8 nitrogen and oxygen atoms in total. The van der Waals surface area contributed by atoms with Crippen molar-refractivity contribution in [3.63, 3.8) is 0 Å². The first-order chi connectivity index (χ1) is 8.86. The molecular formula is C10H12N4O4S. The molecule has 0 aromatic carbocycles. The van der Waals surface area contributed by atoms with Crippen LogP contribution in [-0.2, 0) is 14.8 Å².